The van der Waals surface area contributed by atoms with Gasteiger partial charge >= 0.3 is 0 Å². The second-order valence-corrected chi connectivity index (χ2v) is 7.58. The fourth-order valence-electron chi connectivity index (χ4n) is 3.44. The van der Waals surface area contributed by atoms with Crippen molar-refractivity contribution in [3.8, 4) is 0 Å². The summed E-state index contributed by atoms with van der Waals surface area (Å²) in [4.78, 5) is 9.21. The summed E-state index contributed by atoms with van der Waals surface area (Å²) in [7, 11) is 5.78. The van der Waals surface area contributed by atoms with E-state index in [9.17, 15) is 0 Å². The Bertz CT molecular complexity index is 559. The number of benzene rings is 1. The van der Waals surface area contributed by atoms with E-state index < -0.39 is 0 Å². The van der Waals surface area contributed by atoms with Crippen LogP contribution >= 0.6 is 0 Å². The van der Waals surface area contributed by atoms with E-state index in [1.807, 2.05) is 7.05 Å². The number of likely N-dealkylation sites (N-methyl/N-ethyl adjacent to an activating group) is 1. The normalized spacial score (nSPS) is 17.2. The molecule has 6 nitrogen and oxygen atoms in total. The second kappa shape index (κ2) is 12.8. The number of likely N-dealkylation sites (tertiary alicyclic amines) is 1. The molecule has 1 N–H and O–H groups in total. The Morgan fingerprint density at radius 1 is 1.25 bits per heavy atom. The molecule has 1 aliphatic rings. The molecule has 2 rings (SSSR count). The Morgan fingerprint density at radius 2 is 1.96 bits per heavy atom. The number of ether oxygens (including phenoxy) is 2. The maximum absolute atomic E-state index is 5.96. The van der Waals surface area contributed by atoms with E-state index in [1.54, 1.807) is 7.11 Å². The largest absolute Gasteiger partial charge is 0.385 e. The third-order valence-corrected chi connectivity index (χ3v) is 5.38. The van der Waals surface area contributed by atoms with Gasteiger partial charge in [-0.15, -0.1) is 0 Å². The van der Waals surface area contributed by atoms with Crippen molar-refractivity contribution in [2.75, 3.05) is 54.1 Å². The molecule has 6 heteroatoms. The minimum Gasteiger partial charge on any atom is -0.385 e. The van der Waals surface area contributed by atoms with Gasteiger partial charge in [-0.3, -0.25) is 9.89 Å². The van der Waals surface area contributed by atoms with Crippen LogP contribution in [0.1, 0.15) is 31.7 Å². The van der Waals surface area contributed by atoms with Crippen molar-refractivity contribution in [2.45, 2.75) is 44.9 Å². The highest BCUT2D eigenvalue weighted by atomic mass is 16.5. The van der Waals surface area contributed by atoms with Crippen LogP contribution in [0.2, 0.25) is 0 Å². The quantitative estimate of drug-likeness (QED) is 0.378. The van der Waals surface area contributed by atoms with E-state index in [4.69, 9.17) is 9.47 Å². The van der Waals surface area contributed by atoms with Gasteiger partial charge < -0.3 is 19.7 Å². The molecule has 1 saturated heterocycles. The molecular weight excluding hydrogens is 352 g/mol. The van der Waals surface area contributed by atoms with Gasteiger partial charge in [0.25, 0.3) is 0 Å². The van der Waals surface area contributed by atoms with Gasteiger partial charge in [-0.05, 0) is 38.8 Å². The summed E-state index contributed by atoms with van der Waals surface area (Å²) in [5.41, 5.74) is 1.34. The molecule has 0 bridgehead atoms. The number of piperidine rings is 1. The number of hydrogen-bond donors (Lipinski definition) is 1. The van der Waals surface area contributed by atoms with Crippen LogP contribution in [-0.4, -0.2) is 82.0 Å². The molecule has 0 aliphatic carbocycles. The molecule has 1 aromatic carbocycles. The van der Waals surface area contributed by atoms with Crippen molar-refractivity contribution in [1.29, 1.82) is 0 Å². The lowest BCUT2D eigenvalue weighted by atomic mass is 10.1. The van der Waals surface area contributed by atoms with Gasteiger partial charge in [0.1, 0.15) is 0 Å². The van der Waals surface area contributed by atoms with Crippen LogP contribution in [0.25, 0.3) is 0 Å². The van der Waals surface area contributed by atoms with Gasteiger partial charge in [0, 0.05) is 59.6 Å². The first-order valence-corrected chi connectivity index (χ1v) is 10.4. The molecule has 0 radical (unpaired) electrons. The first-order chi connectivity index (χ1) is 13.6. The van der Waals surface area contributed by atoms with Gasteiger partial charge in [-0.25, -0.2) is 0 Å². The fourth-order valence-corrected chi connectivity index (χ4v) is 3.44. The Labute approximate surface area is 170 Å². The molecule has 0 amide bonds. The zero-order chi connectivity index (χ0) is 20.2. The summed E-state index contributed by atoms with van der Waals surface area (Å²) < 4.78 is 11.0. The Morgan fingerprint density at radius 3 is 2.61 bits per heavy atom. The van der Waals surface area contributed by atoms with E-state index in [-0.39, 0.29) is 0 Å². The summed E-state index contributed by atoms with van der Waals surface area (Å²) in [5.74, 6) is 0.998. The standard InChI is InChI=1S/C22H38N4O2/c1-19(25(3)18-20-9-6-5-7-10-20)17-24-22(23-2)26-13-11-21(12-14-26)28-16-8-15-27-4/h5-7,9-10,19,21H,8,11-18H2,1-4H3,(H,23,24). The molecule has 1 aliphatic heterocycles. The van der Waals surface area contributed by atoms with E-state index in [1.165, 1.54) is 5.56 Å². The van der Waals surface area contributed by atoms with Crippen LogP contribution in [0.3, 0.4) is 0 Å². The zero-order valence-electron chi connectivity index (χ0n) is 18.1. The Balaban J connectivity index is 1.69. The minimum atomic E-state index is 0.363. The predicted molar refractivity (Wildman–Crippen MR) is 116 cm³/mol. The van der Waals surface area contributed by atoms with Gasteiger partial charge in [-0.2, -0.15) is 0 Å². The molecule has 0 aromatic heterocycles. The van der Waals surface area contributed by atoms with Crippen molar-refractivity contribution < 1.29 is 9.47 Å². The average Bonchev–Trinajstić information content (AvgIpc) is 2.73. The highest BCUT2D eigenvalue weighted by Gasteiger charge is 2.22. The molecule has 1 fully saturated rings. The van der Waals surface area contributed by atoms with Crippen molar-refractivity contribution in [3.05, 3.63) is 35.9 Å². The smallest absolute Gasteiger partial charge is 0.193 e. The van der Waals surface area contributed by atoms with Crippen LogP contribution in [0.5, 0.6) is 0 Å². The van der Waals surface area contributed by atoms with Crippen molar-refractivity contribution in [2.24, 2.45) is 4.99 Å². The summed E-state index contributed by atoms with van der Waals surface area (Å²) >= 11 is 0. The molecule has 1 heterocycles. The van der Waals surface area contributed by atoms with Gasteiger partial charge in [0.15, 0.2) is 5.96 Å². The number of nitrogens with one attached hydrogen (secondary N) is 1. The summed E-state index contributed by atoms with van der Waals surface area (Å²) in [5, 5.41) is 3.56. The Kier molecular flexibility index (Phi) is 10.3. The molecule has 28 heavy (non-hydrogen) atoms. The highest BCUT2D eigenvalue weighted by molar-refractivity contribution is 5.80. The zero-order valence-corrected chi connectivity index (χ0v) is 18.1. The Hall–Kier alpha value is -1.63. The van der Waals surface area contributed by atoms with Crippen LogP contribution in [0.15, 0.2) is 35.3 Å². The van der Waals surface area contributed by atoms with Crippen molar-refractivity contribution in [3.63, 3.8) is 0 Å². The fraction of sp³-hybridized carbons (Fsp3) is 0.682. The molecule has 0 spiro atoms. The number of methoxy groups -OCH3 is 1. The maximum atomic E-state index is 5.96. The van der Waals surface area contributed by atoms with Crippen LogP contribution in [0.4, 0.5) is 0 Å². The molecule has 1 atom stereocenters. The van der Waals surface area contributed by atoms with Gasteiger partial charge in [-0.1, -0.05) is 30.3 Å². The highest BCUT2D eigenvalue weighted by Crippen LogP contribution is 2.14. The van der Waals surface area contributed by atoms with Gasteiger partial charge in [0.2, 0.25) is 0 Å². The summed E-state index contributed by atoms with van der Waals surface area (Å²) in [6.07, 6.45) is 3.44. The molecule has 158 valence electrons. The first kappa shape index (κ1) is 22.7. The van der Waals surface area contributed by atoms with E-state index in [2.05, 4.69) is 64.4 Å². The van der Waals surface area contributed by atoms with Crippen molar-refractivity contribution in [1.82, 2.24) is 15.1 Å². The molecule has 1 unspecified atom stereocenters. The van der Waals surface area contributed by atoms with Gasteiger partial charge in [0.05, 0.1) is 6.10 Å². The molecule has 1 aromatic rings. The lowest BCUT2D eigenvalue weighted by molar-refractivity contribution is 0.00987. The third kappa shape index (κ3) is 7.78. The minimum absolute atomic E-state index is 0.363. The summed E-state index contributed by atoms with van der Waals surface area (Å²) in [6, 6.07) is 11.0. The van der Waals surface area contributed by atoms with Crippen LogP contribution in [-0.2, 0) is 16.0 Å². The molecule has 0 saturated carbocycles. The third-order valence-electron chi connectivity index (χ3n) is 5.38. The monoisotopic (exact) mass is 390 g/mol. The number of rotatable bonds is 10. The van der Waals surface area contributed by atoms with Crippen LogP contribution in [0, 0.1) is 0 Å². The SMILES string of the molecule is CN=C(NCC(C)N(C)Cc1ccccc1)N1CCC(OCCCOC)CC1. The maximum Gasteiger partial charge on any atom is 0.193 e. The average molecular weight is 391 g/mol. The molecular formula is C22H38N4O2. The number of hydrogen-bond acceptors (Lipinski definition) is 4. The van der Waals surface area contributed by atoms with Crippen LogP contribution < -0.4 is 5.32 Å². The number of guanidine groups is 1. The summed E-state index contributed by atoms with van der Waals surface area (Å²) in [6.45, 7) is 7.62. The lowest BCUT2D eigenvalue weighted by Gasteiger charge is -2.35. The number of nitrogens with zero attached hydrogens (tertiary/aromatic N) is 3. The topological polar surface area (TPSA) is 49.3 Å². The lowest BCUT2D eigenvalue weighted by Crippen LogP contribution is -2.49. The van der Waals surface area contributed by atoms with E-state index in [0.717, 1.165) is 64.6 Å². The first-order valence-electron chi connectivity index (χ1n) is 10.4. The second-order valence-electron chi connectivity index (χ2n) is 7.58. The predicted octanol–water partition coefficient (Wildman–Crippen LogP) is 2.60. The van der Waals surface area contributed by atoms with Crippen molar-refractivity contribution >= 4 is 5.96 Å². The number of aliphatic imine (C=N–C) groups is 1. The van der Waals surface area contributed by atoms with E-state index in [0.29, 0.717) is 12.1 Å². The van der Waals surface area contributed by atoms with E-state index >= 15 is 0 Å².